The second kappa shape index (κ2) is 9.80. The van der Waals surface area contributed by atoms with Crippen LogP contribution in [0, 0.1) is 0 Å². The predicted octanol–water partition coefficient (Wildman–Crippen LogP) is 5.13. The minimum absolute atomic E-state index is 0.120. The topological polar surface area (TPSA) is 67.4 Å². The van der Waals surface area contributed by atoms with Crippen LogP contribution in [0.25, 0.3) is 0 Å². The maximum atomic E-state index is 13.1. The number of anilines is 2. The van der Waals surface area contributed by atoms with Crippen LogP contribution in [-0.2, 0) is 9.59 Å². The van der Waals surface area contributed by atoms with Gasteiger partial charge in [0.2, 0.25) is 11.8 Å². The number of hydrogen-bond acceptors (Lipinski definition) is 4. The number of amides is 2. The van der Waals surface area contributed by atoms with Crippen LogP contribution in [0.15, 0.2) is 83.8 Å². The third kappa shape index (κ3) is 5.86. The molecule has 29 heavy (non-hydrogen) atoms. The second-order valence-electron chi connectivity index (χ2n) is 6.34. The number of nitrogens with one attached hydrogen (secondary N) is 2. The van der Waals surface area contributed by atoms with Crippen molar-refractivity contribution in [3.05, 3.63) is 84.4 Å². The molecule has 0 radical (unpaired) electrons. The molecule has 0 aliphatic carbocycles. The molecule has 148 valence electrons. The van der Waals surface area contributed by atoms with Gasteiger partial charge in [-0.1, -0.05) is 36.4 Å². The maximum absolute atomic E-state index is 13.1. The van der Waals surface area contributed by atoms with E-state index in [0.717, 1.165) is 16.1 Å². The van der Waals surface area contributed by atoms with E-state index in [2.05, 4.69) is 10.6 Å². The molecular weight excluding hydrogens is 384 g/mol. The molecule has 0 heterocycles. The van der Waals surface area contributed by atoms with Gasteiger partial charge in [0.15, 0.2) is 0 Å². The third-order valence-electron chi connectivity index (χ3n) is 4.11. The van der Waals surface area contributed by atoms with Gasteiger partial charge in [0, 0.05) is 29.3 Å². The second-order valence-corrected chi connectivity index (χ2v) is 7.51. The fourth-order valence-electron chi connectivity index (χ4n) is 2.77. The first-order valence-electron chi connectivity index (χ1n) is 9.09. The fraction of sp³-hybridized carbons (Fsp3) is 0.130. The first-order valence-corrected chi connectivity index (χ1v) is 9.97. The first kappa shape index (κ1) is 20.5. The number of rotatable bonds is 7. The molecule has 0 unspecified atom stereocenters. The first-order chi connectivity index (χ1) is 14.0. The van der Waals surface area contributed by atoms with Crippen molar-refractivity contribution in [3.8, 4) is 5.75 Å². The molecule has 0 bridgehead atoms. The van der Waals surface area contributed by atoms with Crippen LogP contribution in [0.4, 0.5) is 11.4 Å². The van der Waals surface area contributed by atoms with Crippen molar-refractivity contribution in [2.45, 2.75) is 17.1 Å². The molecule has 1 atom stereocenters. The monoisotopic (exact) mass is 406 g/mol. The number of thioether (sulfide) groups is 1. The SMILES string of the molecule is COc1cccc(NC(=O)[C@H](Sc2ccc(NC(C)=O)cc2)c2ccccc2)c1. The van der Waals surface area contributed by atoms with Crippen LogP contribution in [0.5, 0.6) is 5.75 Å². The van der Waals surface area contributed by atoms with Gasteiger partial charge in [0.25, 0.3) is 0 Å². The van der Waals surface area contributed by atoms with E-state index in [1.165, 1.54) is 18.7 Å². The molecule has 0 aromatic heterocycles. The van der Waals surface area contributed by atoms with Gasteiger partial charge in [-0.3, -0.25) is 9.59 Å². The zero-order chi connectivity index (χ0) is 20.6. The lowest BCUT2D eigenvalue weighted by Crippen LogP contribution is -2.19. The largest absolute Gasteiger partial charge is 0.497 e. The summed E-state index contributed by atoms with van der Waals surface area (Å²) < 4.78 is 5.23. The molecule has 3 aromatic carbocycles. The van der Waals surface area contributed by atoms with E-state index in [1.54, 1.807) is 13.2 Å². The molecule has 0 fully saturated rings. The Morgan fingerprint density at radius 2 is 1.59 bits per heavy atom. The smallest absolute Gasteiger partial charge is 0.242 e. The molecule has 5 nitrogen and oxygen atoms in total. The standard InChI is InChI=1S/C23H22N2O3S/c1-16(26)24-18-11-13-21(14-12-18)29-22(17-7-4-3-5-8-17)23(27)25-19-9-6-10-20(15-19)28-2/h3-15,22H,1-2H3,(H,24,26)(H,25,27)/t22-/m1/s1. The Balaban J connectivity index is 1.81. The molecule has 6 heteroatoms. The van der Waals surface area contributed by atoms with Gasteiger partial charge in [-0.05, 0) is 42.0 Å². The van der Waals surface area contributed by atoms with Crippen molar-refractivity contribution in [1.29, 1.82) is 0 Å². The van der Waals surface area contributed by atoms with Crippen molar-refractivity contribution in [3.63, 3.8) is 0 Å². The number of benzene rings is 3. The van der Waals surface area contributed by atoms with Gasteiger partial charge >= 0.3 is 0 Å². The zero-order valence-corrected chi connectivity index (χ0v) is 17.0. The van der Waals surface area contributed by atoms with Crippen LogP contribution in [0.1, 0.15) is 17.7 Å². The molecular formula is C23H22N2O3S. The van der Waals surface area contributed by atoms with Crippen molar-refractivity contribution in [2.75, 3.05) is 17.7 Å². The molecule has 2 amide bonds. The predicted molar refractivity (Wildman–Crippen MR) is 117 cm³/mol. The Morgan fingerprint density at radius 1 is 0.862 bits per heavy atom. The van der Waals surface area contributed by atoms with E-state index in [1.807, 2.05) is 72.8 Å². The minimum atomic E-state index is -0.436. The highest BCUT2D eigenvalue weighted by molar-refractivity contribution is 8.00. The number of carbonyl (C=O) groups excluding carboxylic acids is 2. The highest BCUT2D eigenvalue weighted by Gasteiger charge is 2.22. The maximum Gasteiger partial charge on any atom is 0.242 e. The van der Waals surface area contributed by atoms with Gasteiger partial charge < -0.3 is 15.4 Å². The van der Waals surface area contributed by atoms with E-state index < -0.39 is 5.25 Å². The van der Waals surface area contributed by atoms with Crippen molar-refractivity contribution >= 4 is 35.0 Å². The zero-order valence-electron chi connectivity index (χ0n) is 16.2. The highest BCUT2D eigenvalue weighted by atomic mass is 32.2. The van der Waals surface area contributed by atoms with E-state index in [0.29, 0.717) is 11.4 Å². The Labute approximate surface area is 174 Å². The summed E-state index contributed by atoms with van der Waals surface area (Å²) in [5.41, 5.74) is 2.31. The molecule has 3 rings (SSSR count). The van der Waals surface area contributed by atoms with Gasteiger partial charge in [0.05, 0.1) is 7.11 Å². The molecule has 2 N–H and O–H groups in total. The molecule has 0 aliphatic heterocycles. The summed E-state index contributed by atoms with van der Waals surface area (Å²) in [6.07, 6.45) is 0. The Kier molecular flexibility index (Phi) is 6.92. The molecule has 0 aliphatic rings. The average molecular weight is 407 g/mol. The van der Waals surface area contributed by atoms with Crippen molar-refractivity contribution in [1.82, 2.24) is 0 Å². The number of methoxy groups -OCH3 is 1. The molecule has 0 saturated carbocycles. The highest BCUT2D eigenvalue weighted by Crippen LogP contribution is 2.36. The molecule has 3 aromatic rings. The summed E-state index contributed by atoms with van der Waals surface area (Å²) in [5, 5.41) is 5.28. The number of ether oxygens (including phenoxy) is 1. The van der Waals surface area contributed by atoms with Gasteiger partial charge in [-0.2, -0.15) is 0 Å². The molecule has 0 saturated heterocycles. The van der Waals surface area contributed by atoms with E-state index in [4.69, 9.17) is 4.74 Å². The van der Waals surface area contributed by atoms with E-state index >= 15 is 0 Å². The van der Waals surface area contributed by atoms with E-state index in [9.17, 15) is 9.59 Å². The third-order valence-corrected chi connectivity index (χ3v) is 5.37. The Hall–Kier alpha value is -3.25. The fourth-order valence-corrected chi connectivity index (χ4v) is 3.79. The lowest BCUT2D eigenvalue weighted by Gasteiger charge is -2.17. The average Bonchev–Trinajstić information content (AvgIpc) is 2.73. The lowest BCUT2D eigenvalue weighted by molar-refractivity contribution is -0.116. The summed E-state index contributed by atoms with van der Waals surface area (Å²) in [5.74, 6) is 0.436. The van der Waals surface area contributed by atoms with Crippen LogP contribution in [0.3, 0.4) is 0 Å². The molecule has 0 spiro atoms. The van der Waals surface area contributed by atoms with Crippen LogP contribution in [-0.4, -0.2) is 18.9 Å². The summed E-state index contributed by atoms with van der Waals surface area (Å²) in [4.78, 5) is 25.2. The van der Waals surface area contributed by atoms with Crippen LogP contribution < -0.4 is 15.4 Å². The van der Waals surface area contributed by atoms with Gasteiger partial charge in [-0.15, -0.1) is 11.8 Å². The van der Waals surface area contributed by atoms with Crippen molar-refractivity contribution in [2.24, 2.45) is 0 Å². The van der Waals surface area contributed by atoms with E-state index in [-0.39, 0.29) is 11.8 Å². The van der Waals surface area contributed by atoms with Gasteiger partial charge in [0.1, 0.15) is 11.0 Å². The summed E-state index contributed by atoms with van der Waals surface area (Å²) in [7, 11) is 1.59. The van der Waals surface area contributed by atoms with Gasteiger partial charge in [-0.25, -0.2) is 0 Å². The van der Waals surface area contributed by atoms with Crippen LogP contribution >= 0.6 is 11.8 Å². The summed E-state index contributed by atoms with van der Waals surface area (Å²) in [6.45, 7) is 1.47. The van der Waals surface area contributed by atoms with Crippen LogP contribution in [0.2, 0.25) is 0 Å². The Morgan fingerprint density at radius 3 is 2.24 bits per heavy atom. The quantitative estimate of drug-likeness (QED) is 0.534. The summed E-state index contributed by atoms with van der Waals surface area (Å²) in [6, 6.07) is 24.4. The Bertz CT molecular complexity index is 975. The summed E-state index contributed by atoms with van der Waals surface area (Å²) >= 11 is 1.45. The number of carbonyl (C=O) groups is 2. The minimum Gasteiger partial charge on any atom is -0.497 e. The van der Waals surface area contributed by atoms with Crippen molar-refractivity contribution < 1.29 is 14.3 Å². The lowest BCUT2D eigenvalue weighted by atomic mass is 10.1. The normalized spacial score (nSPS) is 11.4. The number of hydrogen-bond donors (Lipinski definition) is 2.